The van der Waals surface area contributed by atoms with Gasteiger partial charge in [-0.15, -0.1) is 24.0 Å². The number of ether oxygens (including phenoxy) is 2. The third kappa shape index (κ3) is 9.29. The zero-order valence-corrected chi connectivity index (χ0v) is 20.1. The number of rotatable bonds is 12. The number of nitrogens with zero attached hydrogens (tertiary/aromatic N) is 2. The Labute approximate surface area is 195 Å². The van der Waals surface area contributed by atoms with Gasteiger partial charge in [-0.1, -0.05) is 12.1 Å². The van der Waals surface area contributed by atoms with Crippen molar-refractivity contribution in [1.82, 2.24) is 15.5 Å². The van der Waals surface area contributed by atoms with Gasteiger partial charge < -0.3 is 20.1 Å². The number of carbonyl (C=O) groups is 2. The number of hydrogen-bond donors (Lipinski definition) is 2. The van der Waals surface area contributed by atoms with Gasteiger partial charge in [0, 0.05) is 45.7 Å². The second-order valence-corrected chi connectivity index (χ2v) is 6.71. The summed E-state index contributed by atoms with van der Waals surface area (Å²) in [6, 6.07) is 7.80. The van der Waals surface area contributed by atoms with Gasteiger partial charge in [0.25, 0.3) is 0 Å². The molecule has 30 heavy (non-hydrogen) atoms. The van der Waals surface area contributed by atoms with Crippen LogP contribution in [0.25, 0.3) is 0 Å². The largest absolute Gasteiger partial charge is 0.497 e. The van der Waals surface area contributed by atoms with E-state index in [0.717, 1.165) is 24.3 Å². The zero-order valence-electron chi connectivity index (χ0n) is 17.8. The van der Waals surface area contributed by atoms with Crippen LogP contribution in [0.15, 0.2) is 29.3 Å². The number of aliphatic imine (C=N–C) groups is 1. The first kappa shape index (κ1) is 26.2. The summed E-state index contributed by atoms with van der Waals surface area (Å²) in [7, 11) is 1.64. The summed E-state index contributed by atoms with van der Waals surface area (Å²) in [4.78, 5) is 29.3. The number of hydrogen-bond acceptors (Lipinski definition) is 5. The van der Waals surface area contributed by atoms with E-state index in [-0.39, 0.29) is 35.8 Å². The van der Waals surface area contributed by atoms with Crippen LogP contribution in [0, 0.1) is 0 Å². The topological polar surface area (TPSA) is 92.3 Å². The molecule has 1 aromatic rings. The first-order valence-corrected chi connectivity index (χ1v) is 10.2. The number of guanidine groups is 1. The molecule has 0 atom stereocenters. The van der Waals surface area contributed by atoms with Crippen LogP contribution in [0.4, 0.5) is 0 Å². The summed E-state index contributed by atoms with van der Waals surface area (Å²) in [5.41, 5.74) is 1.08. The molecule has 0 radical (unpaired) electrons. The summed E-state index contributed by atoms with van der Waals surface area (Å²) in [5, 5.41) is 6.59. The highest BCUT2D eigenvalue weighted by Gasteiger charge is 2.27. The third-order valence-corrected chi connectivity index (χ3v) is 4.55. The smallest absolute Gasteiger partial charge is 0.229 e. The highest BCUT2D eigenvalue weighted by atomic mass is 127. The Bertz CT molecular complexity index is 666. The Morgan fingerprint density at radius 1 is 1.07 bits per heavy atom. The Kier molecular flexibility index (Phi) is 13.1. The van der Waals surface area contributed by atoms with Crippen LogP contribution in [-0.2, 0) is 20.9 Å². The van der Waals surface area contributed by atoms with Crippen LogP contribution in [0.2, 0.25) is 0 Å². The first-order chi connectivity index (χ1) is 14.1. The Balaban J connectivity index is 0.00000450. The van der Waals surface area contributed by atoms with E-state index in [1.807, 2.05) is 31.2 Å². The number of amides is 2. The third-order valence-electron chi connectivity index (χ3n) is 4.55. The van der Waals surface area contributed by atoms with E-state index in [1.54, 1.807) is 7.11 Å². The van der Waals surface area contributed by atoms with E-state index in [2.05, 4.69) is 15.6 Å². The fourth-order valence-electron chi connectivity index (χ4n) is 2.92. The van der Waals surface area contributed by atoms with Gasteiger partial charge in [-0.2, -0.15) is 0 Å². The number of imide groups is 1. The fourth-order valence-corrected chi connectivity index (χ4v) is 2.92. The molecule has 8 nitrogen and oxygen atoms in total. The van der Waals surface area contributed by atoms with E-state index in [4.69, 9.17) is 9.47 Å². The highest BCUT2D eigenvalue weighted by molar-refractivity contribution is 14.0. The van der Waals surface area contributed by atoms with Crippen LogP contribution in [0.3, 0.4) is 0 Å². The molecule has 1 heterocycles. The molecular formula is C21H33IN4O4. The number of halogens is 1. The lowest BCUT2D eigenvalue weighted by atomic mass is 10.2. The van der Waals surface area contributed by atoms with Gasteiger partial charge in [0.1, 0.15) is 5.75 Å². The Morgan fingerprint density at radius 2 is 1.70 bits per heavy atom. The summed E-state index contributed by atoms with van der Waals surface area (Å²) in [6.45, 7) is 5.74. The highest BCUT2D eigenvalue weighted by Crippen LogP contribution is 2.12. The molecule has 0 bridgehead atoms. The van der Waals surface area contributed by atoms with Crippen molar-refractivity contribution >= 4 is 41.8 Å². The van der Waals surface area contributed by atoms with Gasteiger partial charge >= 0.3 is 0 Å². The van der Waals surface area contributed by atoms with Gasteiger partial charge in [0.2, 0.25) is 11.8 Å². The lowest BCUT2D eigenvalue weighted by Crippen LogP contribution is -2.40. The molecule has 1 fully saturated rings. The van der Waals surface area contributed by atoms with Gasteiger partial charge in [-0.3, -0.25) is 14.5 Å². The minimum atomic E-state index is -0.0718. The number of likely N-dealkylation sites (tertiary alicyclic amines) is 1. The number of nitrogens with one attached hydrogen (secondary N) is 2. The van der Waals surface area contributed by atoms with Crippen LogP contribution < -0.4 is 15.4 Å². The summed E-state index contributed by atoms with van der Waals surface area (Å²) in [5.74, 6) is 1.38. The second kappa shape index (κ2) is 15.0. The van der Waals surface area contributed by atoms with Crippen molar-refractivity contribution < 1.29 is 19.1 Å². The van der Waals surface area contributed by atoms with Crippen molar-refractivity contribution in [2.45, 2.75) is 39.2 Å². The average molecular weight is 532 g/mol. The number of carbonyl (C=O) groups excluding carboxylic acids is 2. The average Bonchev–Trinajstić information content (AvgIpc) is 3.06. The van der Waals surface area contributed by atoms with Crippen LogP contribution in [-0.4, -0.2) is 62.6 Å². The SMILES string of the molecule is CCOCCCNC(=NCc1ccc(OC)cc1)NCCCN1C(=O)CCC1=O.I. The van der Waals surface area contributed by atoms with Gasteiger partial charge in [-0.25, -0.2) is 4.99 Å². The Morgan fingerprint density at radius 3 is 2.30 bits per heavy atom. The molecule has 1 aromatic carbocycles. The standard InChI is InChI=1S/C21H32N4O4.HI/c1-3-29-15-5-13-23-21(24-16-17-6-8-18(28-2)9-7-17)22-12-4-14-25-19(26)10-11-20(25)27;/h6-9H,3-5,10-16H2,1-2H3,(H2,22,23,24);1H. The van der Waals surface area contributed by atoms with Crippen LogP contribution in [0.1, 0.15) is 38.2 Å². The second-order valence-electron chi connectivity index (χ2n) is 6.71. The van der Waals surface area contributed by atoms with Crippen molar-refractivity contribution in [2.75, 3.05) is 40.0 Å². The molecular weight excluding hydrogens is 499 g/mol. The van der Waals surface area contributed by atoms with Crippen molar-refractivity contribution in [1.29, 1.82) is 0 Å². The zero-order chi connectivity index (χ0) is 20.9. The summed E-state index contributed by atoms with van der Waals surface area (Å²) < 4.78 is 10.5. The Hall–Kier alpha value is -1.88. The quantitative estimate of drug-likeness (QED) is 0.141. The fraction of sp³-hybridized carbons (Fsp3) is 0.571. The summed E-state index contributed by atoms with van der Waals surface area (Å²) >= 11 is 0. The van der Waals surface area contributed by atoms with E-state index in [9.17, 15) is 9.59 Å². The molecule has 1 saturated heterocycles. The molecule has 2 rings (SSSR count). The van der Waals surface area contributed by atoms with Crippen molar-refractivity contribution in [3.05, 3.63) is 29.8 Å². The number of methoxy groups -OCH3 is 1. The van der Waals surface area contributed by atoms with Crippen LogP contribution >= 0.6 is 24.0 Å². The molecule has 1 aliphatic heterocycles. The van der Waals surface area contributed by atoms with Gasteiger partial charge in [-0.05, 0) is 37.5 Å². The van der Waals surface area contributed by atoms with Gasteiger partial charge in [0.15, 0.2) is 5.96 Å². The van der Waals surface area contributed by atoms with Crippen molar-refractivity contribution in [2.24, 2.45) is 4.99 Å². The molecule has 2 amide bonds. The molecule has 2 N–H and O–H groups in total. The van der Waals surface area contributed by atoms with Gasteiger partial charge in [0.05, 0.1) is 13.7 Å². The molecule has 0 aromatic heterocycles. The molecule has 1 aliphatic rings. The normalized spacial score (nSPS) is 13.9. The maximum absolute atomic E-state index is 11.7. The van der Waals surface area contributed by atoms with E-state index >= 15 is 0 Å². The van der Waals surface area contributed by atoms with Crippen molar-refractivity contribution in [3.8, 4) is 5.75 Å². The minimum absolute atomic E-state index is 0. The molecule has 0 spiro atoms. The minimum Gasteiger partial charge on any atom is -0.497 e. The molecule has 9 heteroatoms. The maximum Gasteiger partial charge on any atom is 0.229 e. The van der Waals surface area contributed by atoms with Crippen LogP contribution in [0.5, 0.6) is 5.75 Å². The summed E-state index contributed by atoms with van der Waals surface area (Å²) in [6.07, 6.45) is 2.23. The number of benzene rings is 1. The lowest BCUT2D eigenvalue weighted by Gasteiger charge is -2.16. The lowest BCUT2D eigenvalue weighted by molar-refractivity contribution is -0.138. The first-order valence-electron chi connectivity index (χ1n) is 10.2. The predicted molar refractivity (Wildman–Crippen MR) is 127 cm³/mol. The predicted octanol–water partition coefficient (Wildman–Crippen LogP) is 2.31. The molecule has 0 saturated carbocycles. The monoisotopic (exact) mass is 532 g/mol. The molecule has 0 unspecified atom stereocenters. The van der Waals surface area contributed by atoms with E-state index < -0.39 is 0 Å². The molecule has 0 aliphatic carbocycles. The maximum atomic E-state index is 11.7. The van der Waals surface area contributed by atoms with E-state index in [1.165, 1.54) is 4.90 Å². The van der Waals surface area contributed by atoms with Crippen molar-refractivity contribution in [3.63, 3.8) is 0 Å². The van der Waals surface area contributed by atoms with E-state index in [0.29, 0.717) is 58.1 Å². The molecule has 168 valence electrons.